The van der Waals surface area contributed by atoms with E-state index in [9.17, 15) is 9.18 Å². The molecule has 0 fully saturated rings. The highest BCUT2D eigenvalue weighted by Gasteiger charge is 2.15. The molecule has 2 N–H and O–H groups in total. The van der Waals surface area contributed by atoms with Crippen LogP contribution in [0.4, 0.5) is 10.1 Å². The summed E-state index contributed by atoms with van der Waals surface area (Å²) >= 11 is 0. The Balaban J connectivity index is 2.75. The maximum Gasteiger partial charge on any atom is 0.307 e. The highest BCUT2D eigenvalue weighted by atomic mass is 19.1. The summed E-state index contributed by atoms with van der Waals surface area (Å²) in [5.41, 5.74) is 0.0194. The smallest absolute Gasteiger partial charge is 0.307 e. The highest BCUT2D eigenvalue weighted by Crippen LogP contribution is 2.17. The van der Waals surface area contributed by atoms with Crippen LogP contribution < -0.4 is 5.32 Å². The summed E-state index contributed by atoms with van der Waals surface area (Å²) in [5, 5.41) is 11.6. The van der Waals surface area contributed by atoms with Crippen molar-refractivity contribution in [3.63, 3.8) is 0 Å². The molecule has 1 aromatic carbocycles. The van der Waals surface area contributed by atoms with E-state index in [4.69, 9.17) is 5.11 Å². The average Bonchev–Trinajstić information content (AvgIpc) is 2.14. The lowest BCUT2D eigenvalue weighted by atomic mass is 10.1. The molecule has 0 aliphatic rings. The number of anilines is 1. The van der Waals surface area contributed by atoms with E-state index in [1.54, 1.807) is 24.3 Å². The first-order valence-corrected chi connectivity index (χ1v) is 5.11. The normalized spacial score (nSPS) is 11.2. The molecule has 1 aromatic rings. The third-order valence-electron chi connectivity index (χ3n) is 2.06. The molecular weight excluding hydrogens is 209 g/mol. The van der Waals surface area contributed by atoms with Gasteiger partial charge in [0.25, 0.3) is 0 Å². The minimum Gasteiger partial charge on any atom is -0.481 e. The Bertz CT molecular complexity index is 372. The third-order valence-corrected chi connectivity index (χ3v) is 2.06. The van der Waals surface area contributed by atoms with Crippen LogP contribution in [0.5, 0.6) is 0 Å². The Labute approximate surface area is 94.3 Å². The van der Waals surface area contributed by atoms with E-state index in [1.165, 1.54) is 13.8 Å². The van der Waals surface area contributed by atoms with E-state index in [0.717, 1.165) is 0 Å². The molecule has 3 nitrogen and oxygen atoms in total. The Hall–Kier alpha value is -1.58. The molecule has 0 aliphatic carbocycles. The third kappa shape index (κ3) is 4.29. The molecule has 0 saturated carbocycles. The number of carbonyl (C=O) groups is 1. The Morgan fingerprint density at radius 3 is 2.62 bits per heavy atom. The summed E-state index contributed by atoms with van der Waals surface area (Å²) in [4.78, 5) is 10.6. The summed E-state index contributed by atoms with van der Waals surface area (Å²) in [6, 6.07) is 7.04. The number of hydrogen-bond donors (Lipinski definition) is 2. The van der Waals surface area contributed by atoms with Gasteiger partial charge in [0.15, 0.2) is 0 Å². The van der Waals surface area contributed by atoms with Crippen LogP contribution in [0.1, 0.15) is 19.4 Å². The molecule has 0 atom stereocenters. The molecule has 0 aromatic heterocycles. The largest absolute Gasteiger partial charge is 0.481 e. The number of aliphatic carboxylic acids is 1. The second-order valence-electron chi connectivity index (χ2n) is 4.30. The molecule has 0 amide bonds. The molecule has 16 heavy (non-hydrogen) atoms. The molecule has 0 unspecified atom stereocenters. The lowest BCUT2D eigenvalue weighted by Gasteiger charge is -2.17. The predicted octanol–water partition coefficient (Wildman–Crippen LogP) is 2.47. The van der Waals surface area contributed by atoms with Gasteiger partial charge in [0.1, 0.15) is 5.67 Å². The lowest BCUT2D eigenvalue weighted by molar-refractivity contribution is -0.136. The second kappa shape index (κ2) is 4.96. The summed E-state index contributed by atoms with van der Waals surface area (Å²) in [5.74, 6) is -0.895. The first-order chi connectivity index (χ1) is 7.38. The zero-order valence-corrected chi connectivity index (χ0v) is 9.46. The second-order valence-corrected chi connectivity index (χ2v) is 4.30. The SMILES string of the molecule is CC(C)(F)CNc1ccccc1CC(=O)O. The van der Waals surface area contributed by atoms with Crippen molar-refractivity contribution in [1.29, 1.82) is 0 Å². The fraction of sp³-hybridized carbons (Fsp3) is 0.417. The van der Waals surface area contributed by atoms with Gasteiger partial charge in [0.05, 0.1) is 6.42 Å². The highest BCUT2D eigenvalue weighted by molar-refractivity contribution is 5.73. The minimum atomic E-state index is -1.32. The van der Waals surface area contributed by atoms with Gasteiger partial charge in [-0.15, -0.1) is 0 Å². The quantitative estimate of drug-likeness (QED) is 0.809. The van der Waals surface area contributed by atoms with Crippen LogP contribution in [0.2, 0.25) is 0 Å². The molecule has 0 aliphatic heterocycles. The Morgan fingerprint density at radius 1 is 1.44 bits per heavy atom. The van der Waals surface area contributed by atoms with E-state index in [1.807, 2.05) is 0 Å². The lowest BCUT2D eigenvalue weighted by Crippen LogP contribution is -2.25. The number of nitrogens with one attached hydrogen (secondary N) is 1. The van der Waals surface area contributed by atoms with Crippen LogP contribution in [-0.2, 0) is 11.2 Å². The number of carboxylic acid groups (broad SMARTS) is 1. The Kier molecular flexibility index (Phi) is 3.88. The van der Waals surface area contributed by atoms with Crippen molar-refractivity contribution in [2.45, 2.75) is 25.9 Å². The van der Waals surface area contributed by atoms with Gasteiger partial charge in [-0.1, -0.05) is 18.2 Å². The van der Waals surface area contributed by atoms with Crippen molar-refractivity contribution in [3.8, 4) is 0 Å². The topological polar surface area (TPSA) is 49.3 Å². The van der Waals surface area contributed by atoms with Crippen molar-refractivity contribution < 1.29 is 14.3 Å². The van der Waals surface area contributed by atoms with Gasteiger partial charge in [-0.3, -0.25) is 4.79 Å². The zero-order chi connectivity index (χ0) is 12.2. The van der Waals surface area contributed by atoms with Crippen LogP contribution in [0.3, 0.4) is 0 Å². The number of hydrogen-bond acceptors (Lipinski definition) is 2. The number of benzene rings is 1. The summed E-state index contributed by atoms with van der Waals surface area (Å²) < 4.78 is 13.3. The molecule has 0 spiro atoms. The van der Waals surface area contributed by atoms with E-state index < -0.39 is 11.6 Å². The zero-order valence-electron chi connectivity index (χ0n) is 9.46. The van der Waals surface area contributed by atoms with Crippen molar-refractivity contribution in [1.82, 2.24) is 0 Å². The fourth-order valence-electron chi connectivity index (χ4n) is 1.32. The summed E-state index contributed by atoms with van der Waals surface area (Å²) in [6.07, 6.45) is -0.0596. The molecule has 1 rings (SSSR count). The molecule has 0 saturated heterocycles. The van der Waals surface area contributed by atoms with E-state index in [0.29, 0.717) is 11.3 Å². The molecular formula is C12H16FNO2. The van der Waals surface area contributed by atoms with Gasteiger partial charge in [-0.2, -0.15) is 0 Å². The number of carboxylic acids is 1. The number of halogens is 1. The first-order valence-electron chi connectivity index (χ1n) is 5.11. The van der Waals surface area contributed by atoms with E-state index in [-0.39, 0.29) is 13.0 Å². The maximum absolute atomic E-state index is 13.3. The van der Waals surface area contributed by atoms with E-state index >= 15 is 0 Å². The van der Waals surface area contributed by atoms with Gasteiger partial charge in [-0.05, 0) is 25.5 Å². The molecule has 0 radical (unpaired) electrons. The standard InChI is InChI=1S/C12H16FNO2/c1-12(2,13)8-14-10-6-4-3-5-9(10)7-11(15)16/h3-6,14H,7-8H2,1-2H3,(H,15,16). The minimum absolute atomic E-state index is 0.0596. The van der Waals surface area contributed by atoms with Crippen molar-refractivity contribution >= 4 is 11.7 Å². The van der Waals surface area contributed by atoms with Crippen molar-refractivity contribution in [3.05, 3.63) is 29.8 Å². The predicted molar refractivity (Wildman–Crippen MR) is 61.5 cm³/mol. The first kappa shape index (κ1) is 12.5. The van der Waals surface area contributed by atoms with Crippen molar-refractivity contribution in [2.24, 2.45) is 0 Å². The van der Waals surface area contributed by atoms with E-state index in [2.05, 4.69) is 5.32 Å². The number of para-hydroxylation sites is 1. The van der Waals surface area contributed by atoms with Crippen LogP contribution in [0.25, 0.3) is 0 Å². The summed E-state index contributed by atoms with van der Waals surface area (Å²) in [7, 11) is 0. The molecule has 0 bridgehead atoms. The van der Waals surface area contributed by atoms with Gasteiger partial charge in [-0.25, -0.2) is 4.39 Å². The average molecular weight is 225 g/mol. The van der Waals surface area contributed by atoms with Gasteiger partial charge < -0.3 is 10.4 Å². The molecule has 4 heteroatoms. The maximum atomic E-state index is 13.3. The molecule has 88 valence electrons. The van der Waals surface area contributed by atoms with Gasteiger partial charge >= 0.3 is 5.97 Å². The van der Waals surface area contributed by atoms with Crippen LogP contribution in [0.15, 0.2) is 24.3 Å². The molecule has 0 heterocycles. The van der Waals surface area contributed by atoms with Crippen LogP contribution in [-0.4, -0.2) is 23.3 Å². The Morgan fingerprint density at radius 2 is 2.06 bits per heavy atom. The van der Waals surface area contributed by atoms with Gasteiger partial charge in [0, 0.05) is 12.2 Å². The monoisotopic (exact) mass is 225 g/mol. The van der Waals surface area contributed by atoms with Gasteiger partial charge in [0.2, 0.25) is 0 Å². The fourth-order valence-corrected chi connectivity index (χ4v) is 1.32. The number of alkyl halides is 1. The van der Waals surface area contributed by atoms with Crippen LogP contribution in [0, 0.1) is 0 Å². The van der Waals surface area contributed by atoms with Crippen LogP contribution >= 0.6 is 0 Å². The number of rotatable bonds is 5. The summed E-state index contributed by atoms with van der Waals surface area (Å²) in [6.45, 7) is 3.10. The van der Waals surface area contributed by atoms with Crippen molar-refractivity contribution in [2.75, 3.05) is 11.9 Å².